The molecule has 3 aromatic rings. The molecule has 0 radical (unpaired) electrons. The third kappa shape index (κ3) is 1.54. The quantitative estimate of drug-likeness (QED) is 0.690. The molecular weight excluding hydrogens is 212 g/mol. The van der Waals surface area contributed by atoms with E-state index in [1.807, 2.05) is 41.8 Å². The second kappa shape index (κ2) is 3.59. The first kappa shape index (κ1) is 9.84. The predicted molar refractivity (Wildman–Crippen MR) is 67.6 cm³/mol. The summed E-state index contributed by atoms with van der Waals surface area (Å²) in [4.78, 5) is 8.61. The van der Waals surface area contributed by atoms with Gasteiger partial charge in [-0.1, -0.05) is 6.07 Å². The lowest BCUT2D eigenvalue weighted by atomic mass is 10.2. The van der Waals surface area contributed by atoms with Crippen LogP contribution in [-0.4, -0.2) is 14.4 Å². The average Bonchev–Trinajstić information content (AvgIpc) is 2.68. The Morgan fingerprint density at radius 2 is 2.12 bits per heavy atom. The van der Waals surface area contributed by atoms with E-state index < -0.39 is 0 Å². The van der Waals surface area contributed by atoms with Gasteiger partial charge in [0.15, 0.2) is 0 Å². The molecule has 0 atom stereocenters. The van der Waals surface area contributed by atoms with Crippen LogP contribution in [0.25, 0.3) is 16.9 Å². The number of pyridine rings is 2. The van der Waals surface area contributed by atoms with E-state index in [4.69, 9.17) is 5.73 Å². The largest absolute Gasteiger partial charge is 0.383 e. The van der Waals surface area contributed by atoms with Crippen LogP contribution in [0.5, 0.6) is 0 Å². The molecule has 2 N–H and O–H groups in total. The smallest absolute Gasteiger partial charge is 0.139 e. The Bertz CT molecular complexity index is 670. The maximum atomic E-state index is 6.11. The summed E-state index contributed by atoms with van der Waals surface area (Å²) in [5.41, 5.74) is 9.84. The Labute approximate surface area is 98.8 Å². The first-order chi connectivity index (χ1) is 8.25. The minimum Gasteiger partial charge on any atom is -0.383 e. The zero-order valence-electron chi connectivity index (χ0n) is 9.46. The molecule has 4 heteroatoms. The fourth-order valence-electron chi connectivity index (χ4n) is 1.88. The zero-order chi connectivity index (χ0) is 11.8. The molecule has 0 aliphatic carbocycles. The number of imidazole rings is 1. The Hall–Kier alpha value is -2.36. The third-order valence-corrected chi connectivity index (χ3v) is 2.74. The van der Waals surface area contributed by atoms with Crippen molar-refractivity contribution in [3.05, 3.63) is 48.4 Å². The first-order valence-corrected chi connectivity index (χ1v) is 5.40. The minimum absolute atomic E-state index is 0.650. The number of hydrogen-bond acceptors (Lipinski definition) is 3. The molecule has 0 amide bonds. The van der Waals surface area contributed by atoms with Gasteiger partial charge in [-0.25, -0.2) is 4.98 Å². The number of aryl methyl sites for hydroxylation is 1. The molecule has 0 fully saturated rings. The van der Waals surface area contributed by atoms with Crippen LogP contribution in [-0.2, 0) is 0 Å². The highest BCUT2D eigenvalue weighted by Crippen LogP contribution is 2.25. The summed E-state index contributed by atoms with van der Waals surface area (Å²) in [6, 6.07) is 7.82. The van der Waals surface area contributed by atoms with Crippen LogP contribution in [0.3, 0.4) is 0 Å². The summed E-state index contributed by atoms with van der Waals surface area (Å²) in [6.45, 7) is 2.03. The summed E-state index contributed by atoms with van der Waals surface area (Å²) in [7, 11) is 0. The van der Waals surface area contributed by atoms with Gasteiger partial charge in [-0.3, -0.25) is 9.38 Å². The van der Waals surface area contributed by atoms with Crippen LogP contribution < -0.4 is 5.73 Å². The van der Waals surface area contributed by atoms with E-state index >= 15 is 0 Å². The average molecular weight is 224 g/mol. The molecule has 3 rings (SSSR count). The van der Waals surface area contributed by atoms with Crippen molar-refractivity contribution in [2.75, 3.05) is 5.73 Å². The normalized spacial score (nSPS) is 10.9. The number of hydrogen-bond donors (Lipinski definition) is 1. The molecule has 0 aromatic carbocycles. The van der Waals surface area contributed by atoms with E-state index in [1.165, 1.54) is 0 Å². The SMILES string of the molecule is Cc1ccc2nc(-c3cccnc3)c(N)n2c1. The standard InChI is InChI=1S/C13H12N4/c1-9-4-5-11-16-12(13(14)17(11)8-9)10-3-2-6-15-7-10/h2-8H,14H2,1H3. The molecule has 0 unspecified atom stereocenters. The van der Waals surface area contributed by atoms with Gasteiger partial charge in [0.25, 0.3) is 0 Å². The Kier molecular flexibility index (Phi) is 2.08. The minimum atomic E-state index is 0.650. The third-order valence-electron chi connectivity index (χ3n) is 2.74. The van der Waals surface area contributed by atoms with Gasteiger partial charge < -0.3 is 5.73 Å². The van der Waals surface area contributed by atoms with Crippen LogP contribution in [0.2, 0.25) is 0 Å². The van der Waals surface area contributed by atoms with E-state index in [9.17, 15) is 0 Å². The lowest BCUT2D eigenvalue weighted by Gasteiger charge is -1.99. The van der Waals surface area contributed by atoms with E-state index in [0.29, 0.717) is 5.82 Å². The summed E-state index contributed by atoms with van der Waals surface area (Å²) in [5.74, 6) is 0.650. The highest BCUT2D eigenvalue weighted by Gasteiger charge is 2.10. The molecule has 0 aliphatic rings. The number of rotatable bonds is 1. The van der Waals surface area contributed by atoms with Crippen molar-refractivity contribution in [1.82, 2.24) is 14.4 Å². The fourth-order valence-corrected chi connectivity index (χ4v) is 1.88. The second-order valence-corrected chi connectivity index (χ2v) is 4.02. The molecule has 0 saturated heterocycles. The second-order valence-electron chi connectivity index (χ2n) is 4.02. The molecule has 17 heavy (non-hydrogen) atoms. The topological polar surface area (TPSA) is 56.2 Å². The van der Waals surface area contributed by atoms with Crippen LogP contribution in [0.4, 0.5) is 5.82 Å². The molecule has 4 nitrogen and oxygen atoms in total. The maximum absolute atomic E-state index is 6.11. The highest BCUT2D eigenvalue weighted by atomic mass is 15.1. The molecule has 0 spiro atoms. The number of nitrogens with zero attached hydrogens (tertiary/aromatic N) is 3. The molecule has 3 aromatic heterocycles. The van der Waals surface area contributed by atoms with Crippen molar-refractivity contribution in [1.29, 1.82) is 0 Å². The lowest BCUT2D eigenvalue weighted by molar-refractivity contribution is 1.16. The van der Waals surface area contributed by atoms with Gasteiger partial charge in [-0.15, -0.1) is 0 Å². The monoisotopic (exact) mass is 224 g/mol. The summed E-state index contributed by atoms with van der Waals surface area (Å²) in [5, 5.41) is 0. The van der Waals surface area contributed by atoms with E-state index in [0.717, 1.165) is 22.5 Å². The number of fused-ring (bicyclic) bond motifs is 1. The van der Waals surface area contributed by atoms with Gasteiger partial charge in [0.1, 0.15) is 17.2 Å². The fraction of sp³-hybridized carbons (Fsp3) is 0.0769. The van der Waals surface area contributed by atoms with Gasteiger partial charge in [-0.05, 0) is 30.7 Å². The molecule has 3 heterocycles. The molecule has 0 bridgehead atoms. The maximum Gasteiger partial charge on any atom is 0.139 e. The van der Waals surface area contributed by atoms with Gasteiger partial charge >= 0.3 is 0 Å². The van der Waals surface area contributed by atoms with Gasteiger partial charge in [0.05, 0.1) is 0 Å². The van der Waals surface area contributed by atoms with Gasteiger partial charge in [0.2, 0.25) is 0 Å². The van der Waals surface area contributed by atoms with Gasteiger partial charge in [0, 0.05) is 24.2 Å². The van der Waals surface area contributed by atoms with Crippen LogP contribution in [0.1, 0.15) is 5.56 Å². The van der Waals surface area contributed by atoms with E-state index in [-0.39, 0.29) is 0 Å². The predicted octanol–water partition coefficient (Wildman–Crippen LogP) is 2.29. The number of anilines is 1. The Morgan fingerprint density at radius 1 is 1.24 bits per heavy atom. The van der Waals surface area contributed by atoms with E-state index in [1.54, 1.807) is 12.4 Å². The Balaban J connectivity index is 2.28. The molecule has 0 saturated carbocycles. The van der Waals surface area contributed by atoms with Crippen molar-refractivity contribution >= 4 is 11.5 Å². The van der Waals surface area contributed by atoms with Crippen molar-refractivity contribution in [3.63, 3.8) is 0 Å². The van der Waals surface area contributed by atoms with Crippen LogP contribution >= 0.6 is 0 Å². The van der Waals surface area contributed by atoms with Gasteiger partial charge in [-0.2, -0.15) is 0 Å². The molecule has 0 aliphatic heterocycles. The van der Waals surface area contributed by atoms with Crippen LogP contribution in [0, 0.1) is 6.92 Å². The summed E-state index contributed by atoms with van der Waals surface area (Å²) < 4.78 is 1.90. The highest BCUT2D eigenvalue weighted by molar-refractivity contribution is 5.74. The molecule has 84 valence electrons. The van der Waals surface area contributed by atoms with Crippen molar-refractivity contribution in [2.24, 2.45) is 0 Å². The van der Waals surface area contributed by atoms with Crippen molar-refractivity contribution in [2.45, 2.75) is 6.92 Å². The van der Waals surface area contributed by atoms with Crippen molar-refractivity contribution < 1.29 is 0 Å². The molecular formula is C13H12N4. The zero-order valence-corrected chi connectivity index (χ0v) is 9.46. The Morgan fingerprint density at radius 3 is 2.88 bits per heavy atom. The first-order valence-electron chi connectivity index (χ1n) is 5.40. The number of aromatic nitrogens is 3. The number of nitrogens with two attached hydrogens (primary N) is 1. The summed E-state index contributed by atoms with van der Waals surface area (Å²) >= 11 is 0. The summed E-state index contributed by atoms with van der Waals surface area (Å²) in [6.07, 6.45) is 5.49. The van der Waals surface area contributed by atoms with Crippen molar-refractivity contribution in [3.8, 4) is 11.3 Å². The number of nitrogen functional groups attached to an aromatic ring is 1. The van der Waals surface area contributed by atoms with Crippen LogP contribution in [0.15, 0.2) is 42.9 Å². The van der Waals surface area contributed by atoms with E-state index in [2.05, 4.69) is 9.97 Å². The lowest BCUT2D eigenvalue weighted by Crippen LogP contribution is -1.94.